The number of thioether (sulfide) groups is 1. The Hall–Kier alpha value is -1.67. The summed E-state index contributed by atoms with van der Waals surface area (Å²) in [5.74, 6) is -1.36. The van der Waals surface area contributed by atoms with Crippen LogP contribution in [0.2, 0.25) is 0 Å². The van der Waals surface area contributed by atoms with Crippen molar-refractivity contribution in [1.29, 1.82) is 0 Å². The second-order valence-corrected chi connectivity index (χ2v) is 5.81. The van der Waals surface area contributed by atoms with Crippen LogP contribution in [0.5, 0.6) is 0 Å². The van der Waals surface area contributed by atoms with Crippen molar-refractivity contribution in [3.05, 3.63) is 29.6 Å². The van der Waals surface area contributed by atoms with Crippen LogP contribution < -0.4 is 5.32 Å². The minimum atomic E-state index is -0.917. The van der Waals surface area contributed by atoms with E-state index in [4.69, 9.17) is 5.11 Å². The van der Waals surface area contributed by atoms with E-state index in [1.807, 2.05) is 0 Å². The average Bonchev–Trinajstić information content (AvgIpc) is 2.79. The van der Waals surface area contributed by atoms with Crippen molar-refractivity contribution in [3.8, 4) is 0 Å². The number of aliphatic carboxylic acids is 1. The topological polar surface area (TPSA) is 75.1 Å². The lowest BCUT2D eigenvalue weighted by Gasteiger charge is -2.06. The maximum Gasteiger partial charge on any atom is 0.313 e. The van der Waals surface area contributed by atoms with Gasteiger partial charge in [-0.3, -0.25) is 4.79 Å². The number of nitrogens with one attached hydrogen (secondary N) is 1. The smallest absolute Gasteiger partial charge is 0.313 e. The van der Waals surface area contributed by atoms with Crippen molar-refractivity contribution in [1.82, 2.24) is 10.2 Å². The van der Waals surface area contributed by atoms with Crippen LogP contribution in [-0.4, -0.2) is 27.0 Å². The maximum absolute atomic E-state index is 13.6. The summed E-state index contributed by atoms with van der Waals surface area (Å²) >= 11 is 2.27. The number of carbonyl (C=O) groups is 1. The van der Waals surface area contributed by atoms with Crippen LogP contribution >= 0.6 is 23.1 Å². The molecule has 0 radical (unpaired) electrons. The van der Waals surface area contributed by atoms with E-state index in [1.54, 1.807) is 19.1 Å². The Morgan fingerprint density at radius 1 is 1.53 bits per heavy atom. The molecule has 8 heteroatoms. The molecule has 1 aromatic heterocycles. The quantitative estimate of drug-likeness (QED) is 0.827. The predicted molar refractivity (Wildman–Crippen MR) is 72.7 cm³/mol. The Morgan fingerprint density at radius 2 is 2.32 bits per heavy atom. The molecule has 0 aliphatic rings. The summed E-state index contributed by atoms with van der Waals surface area (Å²) in [6.45, 7) is 1.78. The number of aryl methyl sites for hydroxylation is 1. The number of para-hydroxylation sites is 1. The van der Waals surface area contributed by atoms with Gasteiger partial charge >= 0.3 is 5.97 Å². The zero-order valence-corrected chi connectivity index (χ0v) is 11.5. The summed E-state index contributed by atoms with van der Waals surface area (Å²) in [5, 5.41) is 19.5. The lowest BCUT2D eigenvalue weighted by Crippen LogP contribution is -1.96. The molecule has 2 rings (SSSR count). The lowest BCUT2D eigenvalue weighted by atomic mass is 10.2. The molecule has 5 nitrogen and oxygen atoms in total. The summed E-state index contributed by atoms with van der Waals surface area (Å²) in [5.41, 5.74) is 1.11. The van der Waals surface area contributed by atoms with Gasteiger partial charge in [-0.1, -0.05) is 35.2 Å². The van der Waals surface area contributed by atoms with Crippen molar-refractivity contribution in [3.63, 3.8) is 0 Å². The SMILES string of the molecule is Cc1cccc(F)c1Nc1nnc(SCC(=O)O)s1. The van der Waals surface area contributed by atoms with Crippen molar-refractivity contribution in [2.75, 3.05) is 11.1 Å². The lowest BCUT2D eigenvalue weighted by molar-refractivity contribution is -0.133. The average molecular weight is 299 g/mol. The van der Waals surface area contributed by atoms with Gasteiger partial charge in [-0.25, -0.2) is 4.39 Å². The Bertz CT molecular complexity index is 583. The number of hydrogen-bond donors (Lipinski definition) is 2. The highest BCUT2D eigenvalue weighted by Crippen LogP contribution is 2.29. The van der Waals surface area contributed by atoms with Crippen LogP contribution in [0.1, 0.15) is 5.56 Å². The molecule has 19 heavy (non-hydrogen) atoms. The number of halogens is 1. The molecule has 100 valence electrons. The summed E-state index contributed by atoms with van der Waals surface area (Å²) in [6.07, 6.45) is 0. The molecule has 1 heterocycles. The molecular weight excluding hydrogens is 289 g/mol. The van der Waals surface area contributed by atoms with E-state index in [0.717, 1.165) is 17.3 Å². The van der Waals surface area contributed by atoms with Crippen LogP contribution in [0.15, 0.2) is 22.5 Å². The molecule has 2 N–H and O–H groups in total. The van der Waals surface area contributed by atoms with Gasteiger partial charge < -0.3 is 10.4 Å². The minimum Gasteiger partial charge on any atom is -0.481 e. The third-order valence-corrected chi connectivity index (χ3v) is 4.14. The van der Waals surface area contributed by atoms with E-state index < -0.39 is 5.97 Å². The van der Waals surface area contributed by atoms with Crippen LogP contribution in [-0.2, 0) is 4.79 Å². The highest BCUT2D eigenvalue weighted by atomic mass is 32.2. The first-order valence-corrected chi connectivity index (χ1v) is 7.06. The Labute approximate surface area is 116 Å². The van der Waals surface area contributed by atoms with Gasteiger partial charge in [0.2, 0.25) is 5.13 Å². The zero-order chi connectivity index (χ0) is 13.8. The van der Waals surface area contributed by atoms with Gasteiger partial charge in [-0.05, 0) is 18.6 Å². The number of aromatic nitrogens is 2. The van der Waals surface area contributed by atoms with Crippen LogP contribution in [0.25, 0.3) is 0 Å². The summed E-state index contributed by atoms with van der Waals surface area (Å²) in [4.78, 5) is 10.4. The van der Waals surface area contributed by atoms with Crippen molar-refractivity contribution < 1.29 is 14.3 Å². The standard InChI is InChI=1S/C11H10FN3O2S2/c1-6-3-2-4-7(12)9(6)13-10-14-15-11(19-10)18-5-8(16)17/h2-4H,5H2,1H3,(H,13,14)(H,16,17). The zero-order valence-electron chi connectivity index (χ0n) is 9.88. The van der Waals surface area contributed by atoms with Gasteiger partial charge in [0, 0.05) is 0 Å². The molecule has 0 unspecified atom stereocenters. The van der Waals surface area contributed by atoms with E-state index in [9.17, 15) is 9.18 Å². The Morgan fingerprint density at radius 3 is 3.00 bits per heavy atom. The molecule has 0 aliphatic carbocycles. The molecular formula is C11H10FN3O2S2. The molecule has 0 amide bonds. The van der Waals surface area contributed by atoms with E-state index in [-0.39, 0.29) is 11.6 Å². The number of carboxylic acid groups (broad SMARTS) is 1. The Balaban J connectivity index is 2.09. The maximum atomic E-state index is 13.6. The molecule has 0 saturated carbocycles. The molecule has 1 aromatic carbocycles. The molecule has 0 atom stereocenters. The molecule has 0 aliphatic heterocycles. The third-order valence-electron chi connectivity index (χ3n) is 2.18. The van der Waals surface area contributed by atoms with Gasteiger partial charge in [0.25, 0.3) is 0 Å². The largest absolute Gasteiger partial charge is 0.481 e. The first-order chi connectivity index (χ1) is 9.06. The van der Waals surface area contributed by atoms with Crippen molar-refractivity contribution in [2.45, 2.75) is 11.3 Å². The third kappa shape index (κ3) is 3.65. The number of benzene rings is 1. The summed E-state index contributed by atoms with van der Waals surface area (Å²) < 4.78 is 14.1. The highest BCUT2D eigenvalue weighted by Gasteiger charge is 2.10. The summed E-state index contributed by atoms with van der Waals surface area (Å²) in [6, 6.07) is 4.77. The molecule has 0 saturated heterocycles. The number of rotatable bonds is 5. The second-order valence-electron chi connectivity index (χ2n) is 3.61. The second kappa shape index (κ2) is 5.98. The molecule has 0 fully saturated rings. The first-order valence-electron chi connectivity index (χ1n) is 5.26. The number of hydrogen-bond acceptors (Lipinski definition) is 6. The fourth-order valence-corrected chi connectivity index (χ4v) is 2.82. The van der Waals surface area contributed by atoms with Gasteiger partial charge in [0.15, 0.2) is 4.34 Å². The summed E-state index contributed by atoms with van der Waals surface area (Å²) in [7, 11) is 0. The highest BCUT2D eigenvalue weighted by molar-refractivity contribution is 8.01. The monoisotopic (exact) mass is 299 g/mol. The van der Waals surface area contributed by atoms with Gasteiger partial charge in [0.05, 0.1) is 11.4 Å². The normalized spacial score (nSPS) is 10.4. The van der Waals surface area contributed by atoms with E-state index in [1.165, 1.54) is 17.4 Å². The van der Waals surface area contributed by atoms with E-state index in [2.05, 4.69) is 15.5 Å². The number of nitrogens with zero attached hydrogens (tertiary/aromatic N) is 2. The number of carboxylic acids is 1. The van der Waals surface area contributed by atoms with Gasteiger partial charge in [-0.2, -0.15) is 0 Å². The van der Waals surface area contributed by atoms with E-state index >= 15 is 0 Å². The first kappa shape index (κ1) is 13.8. The molecule has 2 aromatic rings. The molecule has 0 bridgehead atoms. The van der Waals surface area contributed by atoms with E-state index in [0.29, 0.717) is 15.2 Å². The Kier molecular flexibility index (Phi) is 4.33. The molecule has 0 spiro atoms. The van der Waals surface area contributed by atoms with Gasteiger partial charge in [0.1, 0.15) is 5.82 Å². The van der Waals surface area contributed by atoms with Crippen molar-refractivity contribution in [2.24, 2.45) is 0 Å². The number of anilines is 2. The van der Waals surface area contributed by atoms with Crippen LogP contribution in [0, 0.1) is 12.7 Å². The van der Waals surface area contributed by atoms with Crippen molar-refractivity contribution >= 4 is 39.9 Å². The van der Waals surface area contributed by atoms with Gasteiger partial charge in [-0.15, -0.1) is 10.2 Å². The fourth-order valence-electron chi connectivity index (χ4n) is 1.34. The van der Waals surface area contributed by atoms with Crippen LogP contribution in [0.3, 0.4) is 0 Å². The van der Waals surface area contributed by atoms with Crippen LogP contribution in [0.4, 0.5) is 15.2 Å². The fraction of sp³-hybridized carbons (Fsp3) is 0.182. The predicted octanol–water partition coefficient (Wildman–Crippen LogP) is 2.91. The minimum absolute atomic E-state index is 0.0760.